The minimum Gasteiger partial charge on any atom is -0.374 e. The molecule has 3 rings (SSSR count). The Morgan fingerprint density at radius 2 is 1.48 bits per heavy atom. The van der Waals surface area contributed by atoms with Crippen LogP contribution in [0.4, 0.5) is 15.8 Å². The number of anilines is 2. The first-order valence-electron chi connectivity index (χ1n) is 9.71. The van der Waals surface area contributed by atoms with E-state index in [1.807, 2.05) is 6.92 Å². The number of halogens is 1. The Hall–Kier alpha value is -3.39. The van der Waals surface area contributed by atoms with Crippen molar-refractivity contribution >= 4 is 27.3 Å². The first-order chi connectivity index (χ1) is 14.7. The molecule has 31 heavy (non-hydrogen) atoms. The topological polar surface area (TPSA) is 87.3 Å². The average Bonchev–Trinajstić information content (AvgIpc) is 2.74. The van der Waals surface area contributed by atoms with Crippen molar-refractivity contribution < 1.29 is 17.6 Å². The zero-order valence-corrected chi connectivity index (χ0v) is 18.0. The van der Waals surface area contributed by atoms with Crippen molar-refractivity contribution in [2.75, 3.05) is 10.0 Å². The predicted octanol–water partition coefficient (Wildman–Crippen LogP) is 4.05. The third-order valence-corrected chi connectivity index (χ3v) is 6.02. The highest BCUT2D eigenvalue weighted by Gasteiger charge is 2.15. The van der Waals surface area contributed by atoms with Crippen LogP contribution in [0.1, 0.15) is 18.1 Å². The molecular weight excluding hydrogens is 417 g/mol. The minimum absolute atomic E-state index is 0.187. The van der Waals surface area contributed by atoms with Gasteiger partial charge in [0, 0.05) is 17.9 Å². The number of nitrogens with one attached hydrogen (secondary N) is 3. The zero-order valence-electron chi connectivity index (χ0n) is 17.2. The van der Waals surface area contributed by atoms with Crippen molar-refractivity contribution in [1.82, 2.24) is 5.32 Å². The Labute approximate surface area is 181 Å². The number of amides is 1. The van der Waals surface area contributed by atoms with Crippen LogP contribution >= 0.6 is 0 Å². The van der Waals surface area contributed by atoms with Gasteiger partial charge in [0.2, 0.25) is 5.91 Å². The Bertz CT molecular complexity index is 1130. The van der Waals surface area contributed by atoms with Crippen LogP contribution in [0.25, 0.3) is 0 Å². The van der Waals surface area contributed by atoms with Gasteiger partial charge in [0.15, 0.2) is 0 Å². The van der Waals surface area contributed by atoms with Gasteiger partial charge in [0.1, 0.15) is 11.9 Å². The van der Waals surface area contributed by atoms with Gasteiger partial charge in [0.25, 0.3) is 10.0 Å². The van der Waals surface area contributed by atoms with Crippen LogP contribution < -0.4 is 15.4 Å². The molecule has 1 unspecified atom stereocenters. The fourth-order valence-corrected chi connectivity index (χ4v) is 3.88. The van der Waals surface area contributed by atoms with Gasteiger partial charge in [-0.1, -0.05) is 29.8 Å². The Balaban J connectivity index is 1.55. The minimum atomic E-state index is -3.67. The van der Waals surface area contributed by atoms with Crippen molar-refractivity contribution in [3.63, 3.8) is 0 Å². The van der Waals surface area contributed by atoms with E-state index in [4.69, 9.17) is 0 Å². The molecule has 8 heteroatoms. The summed E-state index contributed by atoms with van der Waals surface area (Å²) in [5, 5.41) is 5.85. The molecule has 0 aliphatic rings. The monoisotopic (exact) mass is 441 g/mol. The fraction of sp³-hybridized carbons (Fsp3) is 0.174. The summed E-state index contributed by atoms with van der Waals surface area (Å²) in [5.41, 5.74) is 2.86. The molecule has 1 amide bonds. The number of sulfonamides is 1. The number of benzene rings is 3. The number of hydrogen-bond donors (Lipinski definition) is 3. The lowest BCUT2D eigenvalue weighted by molar-refractivity contribution is -0.121. The molecule has 0 heterocycles. The highest BCUT2D eigenvalue weighted by atomic mass is 32.2. The van der Waals surface area contributed by atoms with Gasteiger partial charge in [-0.3, -0.25) is 9.52 Å². The lowest BCUT2D eigenvalue weighted by atomic mass is 10.2. The van der Waals surface area contributed by atoms with Gasteiger partial charge in [-0.25, -0.2) is 12.8 Å². The van der Waals surface area contributed by atoms with Gasteiger partial charge in [-0.15, -0.1) is 0 Å². The second-order valence-corrected chi connectivity index (χ2v) is 8.89. The molecule has 0 saturated heterocycles. The van der Waals surface area contributed by atoms with E-state index in [9.17, 15) is 17.6 Å². The number of aryl methyl sites for hydroxylation is 1. The summed E-state index contributed by atoms with van der Waals surface area (Å²) in [7, 11) is -3.67. The van der Waals surface area contributed by atoms with E-state index in [2.05, 4.69) is 15.4 Å². The molecule has 0 saturated carbocycles. The molecule has 0 radical (unpaired) electrons. The number of rotatable bonds is 8. The number of carbonyl (C=O) groups is 1. The summed E-state index contributed by atoms with van der Waals surface area (Å²) in [6.07, 6.45) is 0. The molecular formula is C23H24FN3O3S. The largest absolute Gasteiger partial charge is 0.374 e. The van der Waals surface area contributed by atoms with Crippen molar-refractivity contribution in [1.29, 1.82) is 0 Å². The molecule has 0 fully saturated rings. The molecule has 3 aromatic rings. The van der Waals surface area contributed by atoms with E-state index >= 15 is 0 Å². The Kier molecular flexibility index (Phi) is 6.91. The molecule has 162 valence electrons. The van der Waals surface area contributed by atoms with Gasteiger partial charge in [-0.05, 0) is 67.9 Å². The highest BCUT2D eigenvalue weighted by molar-refractivity contribution is 7.92. The van der Waals surface area contributed by atoms with Crippen LogP contribution in [0.5, 0.6) is 0 Å². The molecule has 3 N–H and O–H groups in total. The molecule has 0 aliphatic heterocycles. The van der Waals surface area contributed by atoms with E-state index in [1.165, 1.54) is 12.1 Å². The van der Waals surface area contributed by atoms with E-state index in [0.29, 0.717) is 17.9 Å². The molecule has 1 atom stereocenters. The lowest BCUT2D eigenvalue weighted by Crippen LogP contribution is -2.37. The normalized spacial score (nSPS) is 12.1. The van der Waals surface area contributed by atoms with Gasteiger partial charge in [0.05, 0.1) is 4.90 Å². The summed E-state index contributed by atoms with van der Waals surface area (Å²) in [6.45, 7) is 3.90. The van der Waals surface area contributed by atoms with Crippen LogP contribution in [-0.2, 0) is 21.4 Å². The van der Waals surface area contributed by atoms with Crippen LogP contribution in [0.2, 0.25) is 0 Å². The predicted molar refractivity (Wildman–Crippen MR) is 120 cm³/mol. The standard InChI is InChI=1S/C23H24FN3O3S/c1-16-3-13-22(14-4-16)31(29,30)27-21-11-9-20(10-12-21)26-17(2)23(28)25-15-18-5-7-19(24)8-6-18/h3-14,17,26-27H,15H2,1-2H3,(H,25,28). The first kappa shape index (κ1) is 22.3. The molecule has 0 spiro atoms. The van der Waals surface area contributed by atoms with Gasteiger partial charge < -0.3 is 10.6 Å². The van der Waals surface area contributed by atoms with Gasteiger partial charge in [-0.2, -0.15) is 0 Å². The maximum Gasteiger partial charge on any atom is 0.261 e. The van der Waals surface area contributed by atoms with Crippen molar-refractivity contribution in [2.24, 2.45) is 0 Å². The third-order valence-electron chi connectivity index (χ3n) is 4.62. The maximum absolute atomic E-state index is 12.9. The first-order valence-corrected chi connectivity index (χ1v) is 11.2. The molecule has 6 nitrogen and oxygen atoms in total. The summed E-state index contributed by atoms with van der Waals surface area (Å²) in [4.78, 5) is 12.5. The van der Waals surface area contributed by atoms with Crippen LogP contribution in [0.15, 0.2) is 77.7 Å². The maximum atomic E-state index is 12.9. The number of hydrogen-bond acceptors (Lipinski definition) is 4. The average molecular weight is 442 g/mol. The summed E-state index contributed by atoms with van der Waals surface area (Å²) < 4.78 is 40.4. The lowest BCUT2D eigenvalue weighted by Gasteiger charge is -2.16. The van der Waals surface area contributed by atoms with Crippen LogP contribution in [-0.4, -0.2) is 20.4 Å². The number of carbonyl (C=O) groups excluding carboxylic acids is 1. The smallest absolute Gasteiger partial charge is 0.261 e. The Morgan fingerprint density at radius 1 is 0.903 bits per heavy atom. The quantitative estimate of drug-likeness (QED) is 0.492. The molecule has 0 bridgehead atoms. The Morgan fingerprint density at radius 3 is 2.10 bits per heavy atom. The van der Waals surface area contributed by atoms with E-state index in [-0.39, 0.29) is 16.6 Å². The van der Waals surface area contributed by atoms with Crippen LogP contribution in [0, 0.1) is 12.7 Å². The third kappa shape index (κ3) is 6.29. The summed E-state index contributed by atoms with van der Waals surface area (Å²) in [6, 6.07) is 18.6. The molecule has 0 aliphatic carbocycles. The fourth-order valence-electron chi connectivity index (χ4n) is 2.83. The van der Waals surface area contributed by atoms with Crippen molar-refractivity contribution in [2.45, 2.75) is 31.3 Å². The molecule has 3 aromatic carbocycles. The molecule has 0 aromatic heterocycles. The van der Waals surface area contributed by atoms with E-state index in [1.54, 1.807) is 67.6 Å². The van der Waals surface area contributed by atoms with Crippen LogP contribution in [0.3, 0.4) is 0 Å². The second-order valence-electron chi connectivity index (χ2n) is 7.21. The van der Waals surface area contributed by atoms with E-state index in [0.717, 1.165) is 11.1 Å². The zero-order chi connectivity index (χ0) is 22.4. The van der Waals surface area contributed by atoms with Crippen molar-refractivity contribution in [3.05, 3.63) is 89.7 Å². The second kappa shape index (κ2) is 9.61. The van der Waals surface area contributed by atoms with Crippen molar-refractivity contribution in [3.8, 4) is 0 Å². The highest BCUT2D eigenvalue weighted by Crippen LogP contribution is 2.19. The van der Waals surface area contributed by atoms with E-state index < -0.39 is 16.1 Å². The summed E-state index contributed by atoms with van der Waals surface area (Å²) in [5.74, 6) is -0.539. The SMILES string of the molecule is Cc1ccc(S(=O)(=O)Nc2ccc(NC(C)C(=O)NCc3ccc(F)cc3)cc2)cc1. The van der Waals surface area contributed by atoms with Gasteiger partial charge >= 0.3 is 0 Å². The summed E-state index contributed by atoms with van der Waals surface area (Å²) >= 11 is 0.